The second-order valence-corrected chi connectivity index (χ2v) is 4.38. The minimum atomic E-state index is -0.361. The summed E-state index contributed by atoms with van der Waals surface area (Å²) in [6, 6.07) is 7.08. The topological polar surface area (TPSA) is 69.4 Å². The van der Waals surface area contributed by atoms with Gasteiger partial charge in [-0.2, -0.15) is 0 Å². The van der Waals surface area contributed by atoms with E-state index in [4.69, 9.17) is 4.74 Å². The van der Waals surface area contributed by atoms with Crippen molar-refractivity contribution in [1.29, 1.82) is 0 Å². The van der Waals surface area contributed by atoms with Gasteiger partial charge < -0.3 is 4.74 Å². The van der Waals surface area contributed by atoms with E-state index in [1.807, 2.05) is 19.1 Å². The van der Waals surface area contributed by atoms with Crippen LogP contribution in [-0.4, -0.2) is 17.5 Å². The number of rotatable bonds is 8. The molecule has 0 heterocycles. The van der Waals surface area contributed by atoms with Crippen LogP contribution >= 0.6 is 0 Å². The van der Waals surface area contributed by atoms with Crippen molar-refractivity contribution in [3.05, 3.63) is 45.5 Å². The molecule has 0 aliphatic rings. The molecule has 0 amide bonds. The zero-order chi connectivity index (χ0) is 14.1. The van der Waals surface area contributed by atoms with Gasteiger partial charge >= 0.3 is 5.97 Å². The fourth-order valence-corrected chi connectivity index (χ4v) is 1.61. The Hall–Kier alpha value is -1.91. The monoisotopic (exact) mass is 265 g/mol. The first-order valence-corrected chi connectivity index (χ1v) is 6.47. The highest BCUT2D eigenvalue weighted by Crippen LogP contribution is 2.08. The molecule has 0 unspecified atom stereocenters. The van der Waals surface area contributed by atoms with Crippen molar-refractivity contribution in [3.63, 3.8) is 0 Å². The van der Waals surface area contributed by atoms with Crippen LogP contribution in [0, 0.1) is 10.1 Å². The van der Waals surface area contributed by atoms with Crippen LogP contribution in [0.5, 0.6) is 0 Å². The van der Waals surface area contributed by atoms with Gasteiger partial charge in [0, 0.05) is 16.9 Å². The van der Waals surface area contributed by atoms with Gasteiger partial charge in [-0.25, -0.2) is 0 Å². The Bertz CT molecular complexity index is 414. The highest BCUT2D eigenvalue weighted by molar-refractivity contribution is 5.69. The Morgan fingerprint density at radius 2 is 1.89 bits per heavy atom. The summed E-state index contributed by atoms with van der Waals surface area (Å²) in [6.07, 6.45) is 2.84. The van der Waals surface area contributed by atoms with E-state index < -0.39 is 0 Å². The lowest BCUT2D eigenvalue weighted by molar-refractivity contribution is -0.496. The maximum atomic E-state index is 11.4. The number of ether oxygens (including phenoxy) is 1. The molecule has 1 rings (SSSR count). The number of nitrogens with zero attached hydrogens (tertiary/aromatic N) is 1. The number of unbranched alkanes of at least 4 members (excludes halogenated alkanes) is 1. The van der Waals surface area contributed by atoms with Gasteiger partial charge in [0.15, 0.2) is 0 Å². The molecule has 19 heavy (non-hydrogen) atoms. The number of benzene rings is 1. The molecule has 5 nitrogen and oxygen atoms in total. The van der Waals surface area contributed by atoms with Crippen LogP contribution < -0.4 is 0 Å². The van der Waals surface area contributed by atoms with Crippen molar-refractivity contribution in [2.24, 2.45) is 0 Å². The molecule has 0 atom stereocenters. The molecule has 0 N–H and O–H groups in total. The zero-order valence-corrected chi connectivity index (χ0v) is 11.1. The average molecular weight is 265 g/mol. The van der Waals surface area contributed by atoms with Crippen molar-refractivity contribution in [2.45, 2.75) is 39.2 Å². The highest BCUT2D eigenvalue weighted by Gasteiger charge is 2.05. The summed E-state index contributed by atoms with van der Waals surface area (Å²) in [4.78, 5) is 21.4. The molecule has 5 heteroatoms. The van der Waals surface area contributed by atoms with E-state index in [2.05, 4.69) is 0 Å². The fraction of sp³-hybridized carbons (Fsp3) is 0.500. The molecule has 0 fully saturated rings. The zero-order valence-electron chi connectivity index (χ0n) is 11.1. The van der Waals surface area contributed by atoms with E-state index in [-0.39, 0.29) is 17.4 Å². The number of hydrogen-bond acceptors (Lipinski definition) is 4. The number of aryl methyl sites for hydroxylation is 1. The molecule has 0 spiro atoms. The highest BCUT2D eigenvalue weighted by atomic mass is 16.6. The second kappa shape index (κ2) is 8.24. The molecule has 0 bridgehead atoms. The number of nitro groups is 1. The minimum Gasteiger partial charge on any atom is -0.466 e. The van der Waals surface area contributed by atoms with Crippen LogP contribution in [0.2, 0.25) is 0 Å². The summed E-state index contributed by atoms with van der Waals surface area (Å²) < 4.78 is 5.05. The maximum Gasteiger partial charge on any atom is 0.306 e. The summed E-state index contributed by atoms with van der Waals surface area (Å²) in [5, 5.41) is 10.3. The quantitative estimate of drug-likeness (QED) is 0.313. The smallest absolute Gasteiger partial charge is 0.306 e. The van der Waals surface area contributed by atoms with Gasteiger partial charge in [-0.3, -0.25) is 14.9 Å². The molecule has 0 aliphatic heterocycles. The SMILES string of the molecule is CCCCOC(=O)CCc1ccc(C[N+](=O)[O-])cc1. The number of carbonyl (C=O) groups excluding carboxylic acids is 1. The fourth-order valence-electron chi connectivity index (χ4n) is 1.61. The third-order valence-corrected chi connectivity index (χ3v) is 2.71. The molecule has 104 valence electrons. The standard InChI is InChI=1S/C14H19NO4/c1-2-3-10-19-14(16)9-8-12-4-6-13(7-5-12)11-15(17)18/h4-7H,2-3,8-11H2,1H3. The maximum absolute atomic E-state index is 11.4. The molecule has 1 aromatic carbocycles. The first-order chi connectivity index (χ1) is 9.11. The molecule has 0 radical (unpaired) electrons. The van der Waals surface area contributed by atoms with E-state index in [9.17, 15) is 14.9 Å². The molecule has 0 aliphatic carbocycles. The Morgan fingerprint density at radius 1 is 1.26 bits per heavy atom. The first kappa shape index (κ1) is 15.1. The van der Waals surface area contributed by atoms with E-state index in [0.29, 0.717) is 25.0 Å². The van der Waals surface area contributed by atoms with Crippen LogP contribution in [0.3, 0.4) is 0 Å². The van der Waals surface area contributed by atoms with Crippen molar-refractivity contribution in [1.82, 2.24) is 0 Å². The summed E-state index contributed by atoms with van der Waals surface area (Å²) >= 11 is 0. The van der Waals surface area contributed by atoms with Crippen molar-refractivity contribution in [3.8, 4) is 0 Å². The molecule has 0 saturated carbocycles. The summed E-state index contributed by atoms with van der Waals surface area (Å²) in [7, 11) is 0. The van der Waals surface area contributed by atoms with Crippen molar-refractivity contribution >= 4 is 5.97 Å². The molecular formula is C14H19NO4. The Kier molecular flexibility index (Phi) is 6.57. The van der Waals surface area contributed by atoms with Gasteiger partial charge in [0.1, 0.15) is 0 Å². The minimum absolute atomic E-state index is 0.167. The lowest BCUT2D eigenvalue weighted by atomic mass is 10.1. The van der Waals surface area contributed by atoms with Crippen molar-refractivity contribution < 1.29 is 14.5 Å². The first-order valence-electron chi connectivity index (χ1n) is 6.47. The van der Waals surface area contributed by atoms with Crippen LogP contribution in [0.1, 0.15) is 37.3 Å². The predicted molar refractivity (Wildman–Crippen MR) is 71.3 cm³/mol. The Labute approximate surface area is 112 Å². The van der Waals surface area contributed by atoms with E-state index >= 15 is 0 Å². The Morgan fingerprint density at radius 3 is 2.47 bits per heavy atom. The van der Waals surface area contributed by atoms with Gasteiger partial charge in [-0.15, -0.1) is 0 Å². The number of carbonyl (C=O) groups is 1. The summed E-state index contributed by atoms with van der Waals surface area (Å²) in [6.45, 7) is 2.36. The lowest BCUT2D eigenvalue weighted by Gasteiger charge is -2.04. The van der Waals surface area contributed by atoms with Gasteiger partial charge in [0.2, 0.25) is 6.54 Å². The van der Waals surface area contributed by atoms with Crippen LogP contribution in [0.25, 0.3) is 0 Å². The van der Waals surface area contributed by atoms with Gasteiger partial charge in [-0.1, -0.05) is 37.6 Å². The third-order valence-electron chi connectivity index (χ3n) is 2.71. The van der Waals surface area contributed by atoms with Crippen LogP contribution in [0.15, 0.2) is 24.3 Å². The van der Waals surface area contributed by atoms with E-state index in [1.54, 1.807) is 12.1 Å². The normalized spacial score (nSPS) is 10.2. The van der Waals surface area contributed by atoms with Gasteiger partial charge in [-0.05, 0) is 18.4 Å². The summed E-state index contributed by atoms with van der Waals surface area (Å²) in [5.41, 5.74) is 1.65. The van der Waals surface area contributed by atoms with E-state index in [0.717, 1.165) is 18.4 Å². The molecule has 0 aromatic heterocycles. The Balaban J connectivity index is 2.33. The summed E-state index contributed by atoms with van der Waals surface area (Å²) in [5.74, 6) is -0.192. The molecular weight excluding hydrogens is 246 g/mol. The predicted octanol–water partition coefficient (Wildman–Crippen LogP) is 2.74. The average Bonchev–Trinajstić information content (AvgIpc) is 2.37. The largest absolute Gasteiger partial charge is 0.466 e. The van der Waals surface area contributed by atoms with Crippen LogP contribution in [-0.2, 0) is 22.5 Å². The van der Waals surface area contributed by atoms with Gasteiger partial charge in [0.25, 0.3) is 0 Å². The second-order valence-electron chi connectivity index (χ2n) is 4.38. The number of esters is 1. The molecule has 0 saturated heterocycles. The number of hydrogen-bond donors (Lipinski definition) is 0. The third kappa shape index (κ3) is 6.55. The van der Waals surface area contributed by atoms with Crippen molar-refractivity contribution in [2.75, 3.05) is 6.61 Å². The van der Waals surface area contributed by atoms with E-state index in [1.165, 1.54) is 0 Å². The molecule has 1 aromatic rings. The van der Waals surface area contributed by atoms with Crippen LogP contribution in [0.4, 0.5) is 0 Å². The van der Waals surface area contributed by atoms with Gasteiger partial charge in [0.05, 0.1) is 6.61 Å². The lowest BCUT2D eigenvalue weighted by Crippen LogP contribution is -2.07.